The van der Waals surface area contributed by atoms with E-state index in [9.17, 15) is 13.2 Å². The van der Waals surface area contributed by atoms with Crippen LogP contribution in [0.4, 0.5) is 13.2 Å². The quantitative estimate of drug-likeness (QED) is 0.663. The number of halogens is 3. The van der Waals surface area contributed by atoms with E-state index in [1.54, 1.807) is 0 Å². The molecule has 0 aromatic carbocycles. The third-order valence-electron chi connectivity index (χ3n) is 1.76. The fraction of sp³-hybridized carbons (Fsp3) is 1.00. The van der Waals surface area contributed by atoms with Gasteiger partial charge in [0.15, 0.2) is 0 Å². The molecule has 0 bridgehead atoms. The van der Waals surface area contributed by atoms with Crippen LogP contribution < -0.4 is 0 Å². The van der Waals surface area contributed by atoms with Crippen LogP contribution in [0.15, 0.2) is 0 Å². The normalized spacial score (nSPS) is 30.0. The Morgan fingerprint density at radius 3 is 2.50 bits per heavy atom. The zero-order valence-corrected chi connectivity index (χ0v) is 6.73. The molecule has 1 aliphatic heterocycles. The van der Waals surface area contributed by atoms with Crippen LogP contribution in [0.2, 0.25) is 0 Å². The number of ether oxygens (including phenoxy) is 2. The molecule has 72 valence electrons. The van der Waals surface area contributed by atoms with Gasteiger partial charge in [0, 0.05) is 5.92 Å². The zero-order valence-electron chi connectivity index (χ0n) is 6.73. The van der Waals surface area contributed by atoms with Crippen LogP contribution in [0, 0.1) is 5.92 Å². The summed E-state index contributed by atoms with van der Waals surface area (Å²) in [6, 6.07) is 0. The molecule has 0 spiro atoms. The molecule has 12 heavy (non-hydrogen) atoms. The second-order valence-corrected chi connectivity index (χ2v) is 2.98. The molecular weight excluding hydrogens is 173 g/mol. The van der Waals surface area contributed by atoms with Crippen molar-refractivity contribution < 1.29 is 22.6 Å². The molecular formula is C7H11F3O2. The van der Waals surface area contributed by atoms with E-state index < -0.39 is 12.8 Å². The van der Waals surface area contributed by atoms with Gasteiger partial charge in [-0.2, -0.15) is 13.2 Å². The molecule has 0 N–H and O–H groups in total. The molecule has 5 heteroatoms. The van der Waals surface area contributed by atoms with Crippen molar-refractivity contribution in [3.8, 4) is 0 Å². The second-order valence-electron chi connectivity index (χ2n) is 2.98. The summed E-state index contributed by atoms with van der Waals surface area (Å²) >= 11 is 0. The summed E-state index contributed by atoms with van der Waals surface area (Å²) in [4.78, 5) is 0. The van der Waals surface area contributed by atoms with Crippen LogP contribution in [0.5, 0.6) is 0 Å². The molecule has 0 amide bonds. The SMILES string of the molecule is CC1COC1COCC(F)(F)F. The molecule has 1 aliphatic rings. The van der Waals surface area contributed by atoms with Gasteiger partial charge in [0.05, 0.1) is 19.3 Å². The highest BCUT2D eigenvalue weighted by molar-refractivity contribution is 4.74. The van der Waals surface area contributed by atoms with E-state index >= 15 is 0 Å². The van der Waals surface area contributed by atoms with Crippen LogP contribution in [-0.4, -0.2) is 32.1 Å². The largest absolute Gasteiger partial charge is 0.411 e. The van der Waals surface area contributed by atoms with Crippen molar-refractivity contribution in [2.75, 3.05) is 19.8 Å². The Kier molecular flexibility index (Phi) is 2.95. The average Bonchev–Trinajstić information content (AvgIpc) is 1.93. The minimum Gasteiger partial charge on any atom is -0.375 e. The highest BCUT2D eigenvalue weighted by atomic mass is 19.4. The molecule has 1 heterocycles. The van der Waals surface area contributed by atoms with Crippen LogP contribution in [0.3, 0.4) is 0 Å². The molecule has 0 aromatic rings. The lowest BCUT2D eigenvalue weighted by molar-refractivity contribution is -0.198. The highest BCUT2D eigenvalue weighted by Gasteiger charge is 2.31. The van der Waals surface area contributed by atoms with E-state index in [4.69, 9.17) is 4.74 Å². The Morgan fingerprint density at radius 2 is 2.17 bits per heavy atom. The van der Waals surface area contributed by atoms with Crippen molar-refractivity contribution in [2.24, 2.45) is 5.92 Å². The molecule has 2 unspecified atom stereocenters. The Bertz CT molecular complexity index is 146. The number of hydrogen-bond acceptors (Lipinski definition) is 2. The van der Waals surface area contributed by atoms with Crippen molar-refractivity contribution in [1.82, 2.24) is 0 Å². The summed E-state index contributed by atoms with van der Waals surface area (Å²) in [7, 11) is 0. The van der Waals surface area contributed by atoms with Crippen molar-refractivity contribution in [3.63, 3.8) is 0 Å². The van der Waals surface area contributed by atoms with Crippen molar-refractivity contribution in [1.29, 1.82) is 0 Å². The first-order chi connectivity index (χ1) is 5.49. The molecule has 2 atom stereocenters. The van der Waals surface area contributed by atoms with Crippen molar-refractivity contribution in [2.45, 2.75) is 19.2 Å². The van der Waals surface area contributed by atoms with Gasteiger partial charge in [0.1, 0.15) is 6.61 Å². The minimum absolute atomic E-state index is 0.0423. The fourth-order valence-corrected chi connectivity index (χ4v) is 0.928. The maximum Gasteiger partial charge on any atom is 0.411 e. The summed E-state index contributed by atoms with van der Waals surface area (Å²) in [5.74, 6) is 0.318. The lowest BCUT2D eigenvalue weighted by Gasteiger charge is -2.33. The Hall–Kier alpha value is -0.290. The Labute approximate surface area is 68.6 Å². The molecule has 2 nitrogen and oxygen atoms in total. The third kappa shape index (κ3) is 2.98. The summed E-state index contributed by atoms with van der Waals surface area (Å²) < 4.78 is 44.1. The molecule has 1 rings (SSSR count). The Balaban J connectivity index is 2.03. The van der Waals surface area contributed by atoms with Crippen molar-refractivity contribution in [3.05, 3.63) is 0 Å². The van der Waals surface area contributed by atoms with Gasteiger partial charge in [-0.1, -0.05) is 6.92 Å². The maximum absolute atomic E-state index is 11.6. The molecule has 0 saturated carbocycles. The van der Waals surface area contributed by atoms with E-state index in [2.05, 4.69) is 4.74 Å². The van der Waals surface area contributed by atoms with Crippen LogP contribution in [0.25, 0.3) is 0 Å². The van der Waals surface area contributed by atoms with Gasteiger partial charge < -0.3 is 9.47 Å². The third-order valence-corrected chi connectivity index (χ3v) is 1.76. The van der Waals surface area contributed by atoms with Crippen molar-refractivity contribution >= 4 is 0 Å². The molecule has 1 saturated heterocycles. The van der Waals surface area contributed by atoms with Gasteiger partial charge in [-0.05, 0) is 0 Å². The first-order valence-corrected chi connectivity index (χ1v) is 3.75. The zero-order chi connectivity index (χ0) is 9.19. The van der Waals surface area contributed by atoms with Gasteiger partial charge in [-0.15, -0.1) is 0 Å². The van der Waals surface area contributed by atoms with Crippen LogP contribution in [0.1, 0.15) is 6.92 Å². The molecule has 0 aromatic heterocycles. The van der Waals surface area contributed by atoms with Gasteiger partial charge in [0.25, 0.3) is 0 Å². The number of rotatable bonds is 3. The molecule has 0 aliphatic carbocycles. The summed E-state index contributed by atoms with van der Waals surface area (Å²) in [5.41, 5.74) is 0. The van der Waals surface area contributed by atoms with Crippen LogP contribution in [-0.2, 0) is 9.47 Å². The summed E-state index contributed by atoms with van der Waals surface area (Å²) in [6.45, 7) is 1.41. The topological polar surface area (TPSA) is 18.5 Å². The van der Waals surface area contributed by atoms with Gasteiger partial charge in [-0.3, -0.25) is 0 Å². The predicted molar refractivity (Wildman–Crippen MR) is 35.8 cm³/mol. The lowest BCUT2D eigenvalue weighted by atomic mass is 10.0. The van der Waals surface area contributed by atoms with Gasteiger partial charge >= 0.3 is 6.18 Å². The van der Waals surface area contributed by atoms with Crippen LogP contribution >= 0.6 is 0 Å². The summed E-state index contributed by atoms with van der Waals surface area (Å²) in [6.07, 6.45) is -4.38. The smallest absolute Gasteiger partial charge is 0.375 e. The van der Waals surface area contributed by atoms with Gasteiger partial charge in [0.2, 0.25) is 0 Å². The van der Waals surface area contributed by atoms with E-state index in [0.717, 1.165) is 0 Å². The lowest BCUT2D eigenvalue weighted by Crippen LogP contribution is -2.41. The standard InChI is InChI=1S/C7H11F3O2/c1-5-2-12-6(5)3-11-4-7(8,9)10/h5-6H,2-4H2,1H3. The highest BCUT2D eigenvalue weighted by Crippen LogP contribution is 2.21. The molecule has 1 fully saturated rings. The van der Waals surface area contributed by atoms with E-state index in [1.165, 1.54) is 0 Å². The fourth-order valence-electron chi connectivity index (χ4n) is 0.928. The van der Waals surface area contributed by atoms with E-state index in [1.807, 2.05) is 6.92 Å². The van der Waals surface area contributed by atoms with E-state index in [-0.39, 0.29) is 12.7 Å². The number of alkyl halides is 3. The first kappa shape index (κ1) is 9.80. The minimum atomic E-state index is -4.23. The first-order valence-electron chi connectivity index (χ1n) is 3.75. The number of hydrogen-bond donors (Lipinski definition) is 0. The summed E-state index contributed by atoms with van der Waals surface area (Å²) in [5, 5.41) is 0. The Morgan fingerprint density at radius 1 is 1.50 bits per heavy atom. The van der Waals surface area contributed by atoms with E-state index in [0.29, 0.717) is 12.5 Å². The average molecular weight is 184 g/mol. The molecule has 0 radical (unpaired) electrons. The monoisotopic (exact) mass is 184 g/mol. The predicted octanol–water partition coefficient (Wildman–Crippen LogP) is 1.60. The maximum atomic E-state index is 11.6. The van der Waals surface area contributed by atoms with Gasteiger partial charge in [-0.25, -0.2) is 0 Å². The second kappa shape index (κ2) is 3.62.